The molecule has 412 valence electrons. The molecule has 0 heterocycles. The van der Waals surface area contributed by atoms with Crippen molar-refractivity contribution in [2.75, 3.05) is 0 Å². The third-order valence-electron chi connectivity index (χ3n) is 19.8. The predicted molar refractivity (Wildman–Crippen MR) is 326 cm³/mol. The molecular formula is C72H118O. The van der Waals surface area contributed by atoms with E-state index in [2.05, 4.69) is 74.5 Å². The molecule has 0 radical (unpaired) electrons. The van der Waals surface area contributed by atoms with Crippen LogP contribution in [-0.2, 0) is 0 Å². The second-order valence-corrected chi connectivity index (χ2v) is 24.7. The van der Waals surface area contributed by atoms with Crippen molar-refractivity contribution in [3.8, 4) is 11.1 Å². The number of hydrogen-bond acceptors (Lipinski definition) is 1. The van der Waals surface area contributed by atoms with E-state index in [9.17, 15) is 4.79 Å². The Morgan fingerprint density at radius 1 is 0.356 bits per heavy atom. The molecule has 3 aromatic rings. The highest BCUT2D eigenvalue weighted by molar-refractivity contribution is 6.01. The van der Waals surface area contributed by atoms with Crippen LogP contribution in [-0.4, -0.2) is 5.78 Å². The molecule has 0 aliphatic heterocycles. The minimum atomic E-state index is 0. The van der Waals surface area contributed by atoms with E-state index >= 15 is 0 Å². The molecular weight excluding hydrogens is 881 g/mol. The number of hydrogen-bond donors (Lipinski definition) is 0. The van der Waals surface area contributed by atoms with Crippen LogP contribution in [0.4, 0.5) is 0 Å². The zero-order valence-electron chi connectivity index (χ0n) is 42.8. The van der Waals surface area contributed by atoms with Crippen LogP contribution in [0.15, 0.2) is 84.9 Å². The van der Waals surface area contributed by atoms with Crippen LogP contribution in [0.5, 0.6) is 0 Å². The van der Waals surface area contributed by atoms with Gasteiger partial charge in [0.05, 0.1) is 0 Å². The summed E-state index contributed by atoms with van der Waals surface area (Å²) < 4.78 is 0. The average molecular weight is 1000 g/mol. The van der Waals surface area contributed by atoms with Gasteiger partial charge in [-0.2, -0.15) is 0 Å². The summed E-state index contributed by atoms with van der Waals surface area (Å²) in [6.07, 6.45) is 51.8. The Hall–Kier alpha value is -2.93. The summed E-state index contributed by atoms with van der Waals surface area (Å²) in [4.78, 5) is 11.3. The van der Waals surface area contributed by atoms with Gasteiger partial charge in [0.15, 0.2) is 5.78 Å². The summed E-state index contributed by atoms with van der Waals surface area (Å²) in [5.41, 5.74) is 7.91. The Morgan fingerprint density at radius 2 is 0.699 bits per heavy atom. The van der Waals surface area contributed by atoms with Gasteiger partial charge in [-0.25, -0.2) is 0 Å². The van der Waals surface area contributed by atoms with Crippen molar-refractivity contribution in [2.24, 2.45) is 59.2 Å². The standard InChI is InChI=1S/C14H12.C11H20.C11H18.C10H10O.C10H16.C10H18.6CH4/c1-10-11-6-2-4-8-13(11)14-9-5-3-7-12(10)14;2*1-4-10-6-2-7-11(5-1)9-3-8-10;1-7-6-10(11)9-5-3-2-4-8(7)9;1-7-2-9-4-8(1)5-10(3-7)6-9;1-2-6-10-8-4-3-7-9(10)5-1;;;;;;/h2-10H,1H3;10-11H,1-9H2;1,4,10-11H,2-3,5-9H2;2-5,7H,6H2,1H3;7-10H,1-6H2;9-10H,1-8H2;6*1H4. The van der Waals surface area contributed by atoms with Crippen LogP contribution in [0.3, 0.4) is 0 Å². The molecule has 10 saturated carbocycles. The summed E-state index contributed by atoms with van der Waals surface area (Å²) in [6.45, 7) is 4.38. The van der Waals surface area contributed by atoms with Crippen molar-refractivity contribution in [1.82, 2.24) is 0 Å². The van der Waals surface area contributed by atoms with E-state index in [4.69, 9.17) is 0 Å². The molecule has 1 unspecified atom stereocenters. The molecule has 73 heavy (non-hydrogen) atoms. The maximum atomic E-state index is 11.3. The summed E-state index contributed by atoms with van der Waals surface area (Å²) in [6, 6.07) is 25.3. The van der Waals surface area contributed by atoms with Crippen molar-refractivity contribution < 1.29 is 4.79 Å². The van der Waals surface area contributed by atoms with Crippen LogP contribution in [0.25, 0.3) is 11.1 Å². The minimum Gasteiger partial charge on any atom is -0.294 e. The van der Waals surface area contributed by atoms with Gasteiger partial charge in [0.25, 0.3) is 0 Å². The molecule has 1 atom stereocenters. The Balaban J connectivity index is 0.000000228. The van der Waals surface area contributed by atoms with E-state index in [0.717, 1.165) is 41.1 Å². The first kappa shape index (κ1) is 64.4. The number of rotatable bonds is 0. The minimum absolute atomic E-state index is 0. The van der Waals surface area contributed by atoms with Gasteiger partial charge >= 0.3 is 0 Å². The summed E-state index contributed by atoms with van der Waals surface area (Å²) in [5, 5.41) is 0. The van der Waals surface area contributed by atoms with E-state index in [1.54, 1.807) is 103 Å². The first-order chi connectivity index (χ1) is 32.9. The van der Waals surface area contributed by atoms with E-state index < -0.39 is 0 Å². The lowest BCUT2D eigenvalue weighted by molar-refractivity contribution is 0.0198. The molecule has 8 bridgehead atoms. The molecule has 0 spiro atoms. The number of carbonyl (C=O) groups is 1. The number of fused-ring (bicyclic) bond motifs is 16. The molecule has 0 saturated heterocycles. The fourth-order valence-electron chi connectivity index (χ4n) is 16.4. The summed E-state index contributed by atoms with van der Waals surface area (Å²) >= 11 is 0. The van der Waals surface area contributed by atoms with Crippen LogP contribution in [0.2, 0.25) is 0 Å². The van der Waals surface area contributed by atoms with Crippen molar-refractivity contribution in [3.63, 3.8) is 0 Å². The van der Waals surface area contributed by atoms with Gasteiger partial charge < -0.3 is 0 Å². The Labute approximate surface area is 455 Å². The first-order valence-electron chi connectivity index (χ1n) is 29.4. The van der Waals surface area contributed by atoms with Crippen molar-refractivity contribution in [2.45, 2.75) is 269 Å². The number of benzene rings is 3. The van der Waals surface area contributed by atoms with Gasteiger partial charge in [0.2, 0.25) is 0 Å². The molecule has 17 rings (SSSR count). The Morgan fingerprint density at radius 3 is 1.10 bits per heavy atom. The summed E-state index contributed by atoms with van der Waals surface area (Å²) in [7, 11) is 0. The molecule has 0 aromatic heterocycles. The van der Waals surface area contributed by atoms with Gasteiger partial charge in [-0.3, -0.25) is 4.79 Å². The van der Waals surface area contributed by atoms with Gasteiger partial charge in [-0.05, 0) is 151 Å². The topological polar surface area (TPSA) is 17.1 Å². The highest BCUT2D eigenvalue weighted by Gasteiger charge is 2.42. The fourth-order valence-corrected chi connectivity index (χ4v) is 16.4. The van der Waals surface area contributed by atoms with Crippen LogP contribution < -0.4 is 0 Å². The lowest BCUT2D eigenvalue weighted by atomic mass is 9.56. The predicted octanol–water partition coefficient (Wildman–Crippen LogP) is 23.5. The maximum Gasteiger partial charge on any atom is 0.163 e. The van der Waals surface area contributed by atoms with Crippen LogP contribution in [0, 0.1) is 59.2 Å². The molecule has 14 aliphatic carbocycles. The molecule has 3 aromatic carbocycles. The third-order valence-corrected chi connectivity index (χ3v) is 19.8. The molecule has 1 heteroatoms. The third kappa shape index (κ3) is 17.8. The quantitative estimate of drug-likeness (QED) is 0.205. The Bertz CT molecular complexity index is 1830. The zero-order valence-corrected chi connectivity index (χ0v) is 42.8. The first-order valence-corrected chi connectivity index (χ1v) is 29.4. The second kappa shape index (κ2) is 32.6. The normalized spacial score (nSPS) is 31.0. The molecule has 14 aliphatic rings. The van der Waals surface area contributed by atoms with Crippen LogP contribution >= 0.6 is 0 Å². The lowest BCUT2D eigenvalue weighted by Crippen LogP contribution is -2.38. The average Bonchev–Trinajstić information content (AvgIpc) is 3.76. The lowest BCUT2D eigenvalue weighted by Gasteiger charge is -2.49. The van der Waals surface area contributed by atoms with Gasteiger partial charge in [-0.1, -0.05) is 278 Å². The van der Waals surface area contributed by atoms with Gasteiger partial charge in [-0.15, -0.1) is 0 Å². The summed E-state index contributed by atoms with van der Waals surface area (Å²) in [5.74, 6) is 12.5. The van der Waals surface area contributed by atoms with E-state index in [-0.39, 0.29) is 44.6 Å². The van der Waals surface area contributed by atoms with Crippen LogP contribution in [0.1, 0.15) is 296 Å². The maximum absolute atomic E-state index is 11.3. The monoisotopic (exact) mass is 999 g/mol. The highest BCUT2D eigenvalue weighted by Crippen LogP contribution is 2.53. The molecule has 1 nitrogen and oxygen atoms in total. The van der Waals surface area contributed by atoms with E-state index in [1.807, 2.05) is 24.3 Å². The number of allylic oxidation sites excluding steroid dienone is 2. The second-order valence-electron chi connectivity index (χ2n) is 24.7. The van der Waals surface area contributed by atoms with Crippen molar-refractivity contribution in [3.05, 3.63) is 107 Å². The van der Waals surface area contributed by atoms with Crippen molar-refractivity contribution in [1.29, 1.82) is 0 Å². The van der Waals surface area contributed by atoms with Crippen molar-refractivity contribution >= 4 is 5.78 Å². The van der Waals surface area contributed by atoms with E-state index in [0.29, 0.717) is 24.0 Å². The smallest absolute Gasteiger partial charge is 0.163 e. The van der Waals surface area contributed by atoms with E-state index in [1.165, 1.54) is 141 Å². The van der Waals surface area contributed by atoms with Gasteiger partial charge in [0, 0.05) is 17.9 Å². The number of carbonyl (C=O) groups excluding carboxylic acids is 1. The molecule has 10 fully saturated rings. The zero-order chi connectivity index (χ0) is 45.8. The highest BCUT2D eigenvalue weighted by atomic mass is 16.1. The molecule has 0 N–H and O–H groups in total. The number of ketones is 1. The largest absolute Gasteiger partial charge is 0.294 e. The number of Topliss-reactive ketones (excluding diaryl/α,β-unsaturated/α-hetero) is 1. The SMILES string of the molecule is C.C.C.C.C.C.C1=CC2CCCC(C1)CCC2.C1C2CC3CC1CC(C2)C3.C1CC2CCCC(C1)CCC2.C1CCC2CCCCC2C1.CC1CC(=O)c2ccccc21.CC1c2ccccc2-c2ccccc21. The fraction of sp³-hybridized carbons (Fsp3) is 0.708. The molecule has 0 amide bonds. The van der Waals surface area contributed by atoms with Gasteiger partial charge in [0.1, 0.15) is 0 Å². The Kier molecular flexibility index (Phi) is 28.7.